The van der Waals surface area contributed by atoms with Crippen molar-refractivity contribution in [3.05, 3.63) is 65.0 Å². The average molecular weight is 573 g/mol. The highest BCUT2D eigenvalue weighted by molar-refractivity contribution is 7.91. The minimum absolute atomic E-state index is 0.0655. The van der Waals surface area contributed by atoms with Gasteiger partial charge >= 0.3 is 12.1 Å². The maximum Gasteiger partial charge on any atom is 0.418 e. The molecular formula is C27H29FN4O7S. The first-order valence-corrected chi connectivity index (χ1v) is 14.7. The third-order valence-electron chi connectivity index (χ3n) is 7.69. The van der Waals surface area contributed by atoms with Crippen molar-refractivity contribution in [3.63, 3.8) is 0 Å². The number of imide groups is 1. The summed E-state index contributed by atoms with van der Waals surface area (Å²) in [6.45, 7) is -0.508. The van der Waals surface area contributed by atoms with E-state index in [1.807, 2.05) is 0 Å². The van der Waals surface area contributed by atoms with Crippen LogP contribution >= 0.6 is 0 Å². The molecule has 5 rings (SSSR count). The van der Waals surface area contributed by atoms with Gasteiger partial charge in [0.2, 0.25) is 11.5 Å². The van der Waals surface area contributed by atoms with Crippen molar-refractivity contribution in [2.24, 2.45) is 0 Å². The molecule has 2 saturated heterocycles. The van der Waals surface area contributed by atoms with Gasteiger partial charge in [-0.3, -0.25) is 9.59 Å². The molecule has 0 saturated carbocycles. The highest BCUT2D eigenvalue weighted by atomic mass is 32.2. The topological polar surface area (TPSA) is 142 Å². The number of anilines is 1. The zero-order valence-corrected chi connectivity index (χ0v) is 22.6. The molecule has 2 fully saturated rings. The molecule has 0 bridgehead atoms. The van der Waals surface area contributed by atoms with Crippen LogP contribution in [0.15, 0.2) is 42.5 Å². The Morgan fingerprint density at radius 2 is 1.82 bits per heavy atom. The highest BCUT2D eigenvalue weighted by Gasteiger charge is 2.58. The van der Waals surface area contributed by atoms with Crippen LogP contribution in [0.25, 0.3) is 0 Å². The van der Waals surface area contributed by atoms with Crippen LogP contribution in [0.1, 0.15) is 36.0 Å². The van der Waals surface area contributed by atoms with Crippen LogP contribution in [0, 0.1) is 5.82 Å². The number of rotatable bonds is 6. The Kier molecular flexibility index (Phi) is 7.25. The number of hydrogen-bond donors (Lipinski definition) is 2. The fourth-order valence-electron chi connectivity index (χ4n) is 5.55. The first-order chi connectivity index (χ1) is 19.0. The summed E-state index contributed by atoms with van der Waals surface area (Å²) in [5.41, 5.74) is 0.832. The molecule has 2 aromatic rings. The number of aryl methyl sites for hydroxylation is 1. The summed E-state index contributed by atoms with van der Waals surface area (Å²) in [6.07, 6.45) is 0.120. The number of hydrogen-bond acceptors (Lipinski definition) is 7. The van der Waals surface area contributed by atoms with Crippen molar-refractivity contribution in [2.45, 2.75) is 43.9 Å². The number of fused-ring (bicyclic) bond motifs is 2. The van der Waals surface area contributed by atoms with Gasteiger partial charge in [0.05, 0.1) is 11.5 Å². The van der Waals surface area contributed by atoms with E-state index in [4.69, 9.17) is 4.74 Å². The molecule has 5 amide bonds. The van der Waals surface area contributed by atoms with Crippen molar-refractivity contribution >= 4 is 39.5 Å². The number of carbonyl (C=O) groups excluding carboxylic acids is 4. The minimum atomic E-state index is -3.20. The smallest absolute Gasteiger partial charge is 0.418 e. The molecule has 11 nitrogen and oxygen atoms in total. The zero-order chi connectivity index (χ0) is 28.7. The molecule has 1 spiro atoms. The predicted octanol–water partition coefficient (Wildman–Crippen LogP) is 2.30. The van der Waals surface area contributed by atoms with E-state index in [1.54, 1.807) is 18.2 Å². The molecule has 1 atom stereocenters. The van der Waals surface area contributed by atoms with Crippen LogP contribution in [0.2, 0.25) is 0 Å². The lowest BCUT2D eigenvalue weighted by Crippen LogP contribution is -2.49. The van der Waals surface area contributed by atoms with Crippen LogP contribution in [0.5, 0.6) is 0 Å². The maximum atomic E-state index is 13.6. The Balaban J connectivity index is 1.36. The molecule has 2 N–H and O–H groups in total. The monoisotopic (exact) mass is 572 g/mol. The molecule has 0 aromatic heterocycles. The average Bonchev–Trinajstić information content (AvgIpc) is 3.40. The Labute approximate surface area is 230 Å². The lowest BCUT2D eigenvalue weighted by molar-refractivity contribution is -0.143. The van der Waals surface area contributed by atoms with Gasteiger partial charge in [-0.2, -0.15) is 0 Å². The van der Waals surface area contributed by atoms with Gasteiger partial charge in [-0.15, -0.1) is 0 Å². The molecule has 13 heteroatoms. The van der Waals surface area contributed by atoms with Gasteiger partial charge in [0.15, 0.2) is 0 Å². The van der Waals surface area contributed by atoms with Crippen LogP contribution in [0.4, 0.5) is 19.7 Å². The van der Waals surface area contributed by atoms with Crippen LogP contribution in [-0.2, 0) is 42.7 Å². The van der Waals surface area contributed by atoms with E-state index < -0.39 is 57.8 Å². The third kappa shape index (κ3) is 5.25. The van der Waals surface area contributed by atoms with Gasteiger partial charge in [-0.05, 0) is 54.7 Å². The molecule has 2 aliphatic heterocycles. The summed E-state index contributed by atoms with van der Waals surface area (Å²) in [7, 11) is -1.71. The maximum absolute atomic E-state index is 13.6. The Morgan fingerprint density at radius 1 is 1.12 bits per heavy atom. The first kappa shape index (κ1) is 27.6. The van der Waals surface area contributed by atoms with E-state index in [0.29, 0.717) is 23.2 Å². The van der Waals surface area contributed by atoms with Crippen molar-refractivity contribution < 1.29 is 36.7 Å². The summed E-state index contributed by atoms with van der Waals surface area (Å²) >= 11 is 0. The third-order valence-corrected chi connectivity index (χ3v) is 9.40. The molecule has 1 aliphatic carbocycles. The van der Waals surface area contributed by atoms with Crippen LogP contribution in [-0.4, -0.2) is 73.3 Å². The lowest BCUT2D eigenvalue weighted by Gasteiger charge is -2.35. The van der Waals surface area contributed by atoms with E-state index in [0.717, 1.165) is 10.5 Å². The second-order valence-electron chi connectivity index (χ2n) is 10.2. The van der Waals surface area contributed by atoms with Gasteiger partial charge in [0.25, 0.3) is 5.91 Å². The molecule has 2 aromatic carbocycles. The Morgan fingerprint density at radius 3 is 2.50 bits per heavy atom. The first-order valence-electron chi connectivity index (χ1n) is 12.9. The standard InChI is InChI=1S/C27H29FN4O7S/c1-29-25(35)30-20-6-7-22-18(14-20)8-11-27(22)24(34)32(26(36)39-27)16-23(33)31(15-17-2-4-19(28)5-3-17)21-9-12-40(37,38)13-10-21/h2-7,14,21H,8-13,15-16H2,1H3,(H2,29,30,35)/t27-/m1/s1. The van der Waals surface area contributed by atoms with Gasteiger partial charge in [0, 0.05) is 37.3 Å². The van der Waals surface area contributed by atoms with E-state index >= 15 is 0 Å². The predicted molar refractivity (Wildman–Crippen MR) is 141 cm³/mol. The van der Waals surface area contributed by atoms with E-state index in [9.17, 15) is 32.0 Å². The number of urea groups is 1. The van der Waals surface area contributed by atoms with Crippen molar-refractivity contribution in [2.75, 3.05) is 30.4 Å². The summed E-state index contributed by atoms with van der Waals surface area (Å²) in [4.78, 5) is 54.1. The van der Waals surface area contributed by atoms with Crippen LogP contribution in [0.3, 0.4) is 0 Å². The molecule has 212 valence electrons. The number of ether oxygens (including phenoxy) is 1. The van der Waals surface area contributed by atoms with Gasteiger partial charge < -0.3 is 20.3 Å². The number of sulfone groups is 1. The van der Waals surface area contributed by atoms with Crippen LogP contribution < -0.4 is 10.6 Å². The molecular weight excluding hydrogens is 543 g/mol. The van der Waals surface area contributed by atoms with Gasteiger partial charge in [-0.25, -0.2) is 27.3 Å². The largest absolute Gasteiger partial charge is 0.427 e. The summed E-state index contributed by atoms with van der Waals surface area (Å²) in [5.74, 6) is -1.78. The summed E-state index contributed by atoms with van der Waals surface area (Å²) in [5, 5.41) is 5.12. The van der Waals surface area contributed by atoms with Crippen molar-refractivity contribution in [3.8, 4) is 0 Å². The number of amides is 5. The second kappa shape index (κ2) is 10.5. The summed E-state index contributed by atoms with van der Waals surface area (Å²) < 4.78 is 43.1. The molecule has 40 heavy (non-hydrogen) atoms. The normalized spacial score (nSPS) is 21.7. The van der Waals surface area contributed by atoms with E-state index in [1.165, 1.54) is 36.2 Å². The number of halogens is 1. The minimum Gasteiger partial charge on any atom is -0.427 e. The van der Waals surface area contributed by atoms with E-state index in [2.05, 4.69) is 10.6 Å². The Hall–Kier alpha value is -4.00. The number of benzene rings is 2. The van der Waals surface area contributed by atoms with Crippen molar-refractivity contribution in [1.29, 1.82) is 0 Å². The van der Waals surface area contributed by atoms with Gasteiger partial charge in [0.1, 0.15) is 22.2 Å². The van der Waals surface area contributed by atoms with E-state index in [-0.39, 0.29) is 37.3 Å². The number of nitrogens with zero attached hydrogens (tertiary/aromatic N) is 2. The lowest BCUT2D eigenvalue weighted by atomic mass is 9.94. The summed E-state index contributed by atoms with van der Waals surface area (Å²) in [6, 6.07) is 9.72. The zero-order valence-electron chi connectivity index (χ0n) is 21.8. The quantitative estimate of drug-likeness (QED) is 0.541. The molecule has 0 radical (unpaired) electrons. The fourth-order valence-corrected chi connectivity index (χ4v) is 7.01. The SMILES string of the molecule is CNC(=O)Nc1ccc2c(c1)CC[C@@]21OC(=O)N(CC(=O)N(Cc2ccc(F)cc2)C2CCS(=O)(=O)CC2)C1=O. The second-order valence-corrected chi connectivity index (χ2v) is 12.5. The molecule has 3 aliphatic rings. The molecule has 2 heterocycles. The van der Waals surface area contributed by atoms with Gasteiger partial charge in [-0.1, -0.05) is 18.2 Å². The molecule has 0 unspecified atom stereocenters. The Bertz CT molecular complexity index is 1470. The number of carbonyl (C=O) groups is 4. The number of nitrogens with one attached hydrogen (secondary N) is 2. The fraction of sp³-hybridized carbons (Fsp3) is 0.407. The van der Waals surface area contributed by atoms with Crippen molar-refractivity contribution in [1.82, 2.24) is 15.1 Å². The highest BCUT2D eigenvalue weighted by Crippen LogP contribution is 2.46.